The highest BCUT2D eigenvalue weighted by Crippen LogP contribution is 2.37. The maximum absolute atomic E-state index is 12.4. The molecule has 132 valence electrons. The van der Waals surface area contributed by atoms with Gasteiger partial charge >= 0.3 is 6.18 Å². The van der Waals surface area contributed by atoms with Gasteiger partial charge in [-0.05, 0) is 53.9 Å². The third kappa shape index (κ3) is 4.70. The van der Waals surface area contributed by atoms with Gasteiger partial charge in [-0.15, -0.1) is 0 Å². The Morgan fingerprint density at radius 3 is 2.62 bits per heavy atom. The molecule has 24 heavy (non-hydrogen) atoms. The maximum Gasteiger partial charge on any atom is 0.433 e. The van der Waals surface area contributed by atoms with Crippen molar-refractivity contribution in [1.29, 1.82) is 0 Å². The number of aromatic nitrogens is 1. The molecule has 0 unspecified atom stereocenters. The highest BCUT2D eigenvalue weighted by atomic mass is 32.1. The Kier molecular flexibility index (Phi) is 5.87. The lowest BCUT2D eigenvalue weighted by Crippen LogP contribution is -2.21. The van der Waals surface area contributed by atoms with Crippen molar-refractivity contribution in [3.8, 4) is 0 Å². The van der Waals surface area contributed by atoms with Gasteiger partial charge in [0.15, 0.2) is 0 Å². The minimum absolute atomic E-state index is 0.337. The van der Waals surface area contributed by atoms with E-state index in [0.29, 0.717) is 17.9 Å². The Morgan fingerprint density at radius 1 is 1.29 bits per heavy atom. The Morgan fingerprint density at radius 2 is 2.04 bits per heavy atom. The van der Waals surface area contributed by atoms with Crippen LogP contribution < -0.4 is 11.1 Å². The van der Waals surface area contributed by atoms with Crippen molar-refractivity contribution >= 4 is 17.0 Å². The standard InChI is InChI=1S/C10H11F3N2.C7H11NS/c1-9(2)5-14-6-3-4-7(10(11,12)13)15-8(6)9;8-4-1-2-7-3-5-9-6-7/h3-4,14H,5H2,1-2H3;3,5-6H,1-2,4,8H2. The third-order valence-electron chi connectivity index (χ3n) is 3.80. The number of anilines is 1. The van der Waals surface area contributed by atoms with E-state index in [0.717, 1.165) is 25.5 Å². The van der Waals surface area contributed by atoms with Crippen LogP contribution in [0.25, 0.3) is 0 Å². The summed E-state index contributed by atoms with van der Waals surface area (Å²) in [6, 6.07) is 4.60. The summed E-state index contributed by atoms with van der Waals surface area (Å²) in [4.78, 5) is 3.69. The molecule has 0 spiro atoms. The number of alkyl halides is 3. The molecule has 3 N–H and O–H groups in total. The Hall–Kier alpha value is -1.60. The number of rotatable bonds is 3. The van der Waals surface area contributed by atoms with Gasteiger partial charge < -0.3 is 11.1 Å². The summed E-state index contributed by atoms with van der Waals surface area (Å²) in [5, 5.41) is 7.32. The van der Waals surface area contributed by atoms with E-state index in [1.54, 1.807) is 11.3 Å². The average Bonchev–Trinajstić information content (AvgIpc) is 3.13. The first-order chi connectivity index (χ1) is 11.2. The van der Waals surface area contributed by atoms with Gasteiger partial charge in [0.05, 0.1) is 11.4 Å². The smallest absolute Gasteiger partial charge is 0.383 e. The summed E-state index contributed by atoms with van der Waals surface area (Å²) in [7, 11) is 0. The lowest BCUT2D eigenvalue weighted by atomic mass is 9.91. The van der Waals surface area contributed by atoms with Gasteiger partial charge in [0.2, 0.25) is 0 Å². The highest BCUT2D eigenvalue weighted by molar-refractivity contribution is 7.07. The summed E-state index contributed by atoms with van der Waals surface area (Å²) in [5.74, 6) is 0. The third-order valence-corrected chi connectivity index (χ3v) is 4.53. The first-order valence-electron chi connectivity index (χ1n) is 7.78. The number of halogens is 3. The van der Waals surface area contributed by atoms with Crippen LogP contribution in [-0.4, -0.2) is 18.1 Å². The normalized spacial score (nSPS) is 15.2. The molecule has 2 aromatic heterocycles. The van der Waals surface area contributed by atoms with E-state index < -0.39 is 11.9 Å². The number of aryl methyl sites for hydroxylation is 1. The predicted octanol–water partition coefficient (Wildman–Crippen LogP) is 4.44. The second-order valence-electron chi connectivity index (χ2n) is 6.35. The average molecular weight is 357 g/mol. The van der Waals surface area contributed by atoms with E-state index in [1.807, 2.05) is 13.8 Å². The van der Waals surface area contributed by atoms with Crippen LogP contribution in [0.5, 0.6) is 0 Å². The number of hydrogen-bond donors (Lipinski definition) is 2. The molecule has 3 rings (SSSR count). The Balaban J connectivity index is 0.000000198. The molecule has 7 heteroatoms. The summed E-state index contributed by atoms with van der Waals surface area (Å²) in [5.41, 5.74) is 6.81. The van der Waals surface area contributed by atoms with Gasteiger partial charge in [0, 0.05) is 12.0 Å². The van der Waals surface area contributed by atoms with E-state index in [2.05, 4.69) is 27.1 Å². The first kappa shape index (κ1) is 18.7. The Labute approximate surface area is 144 Å². The van der Waals surface area contributed by atoms with Crippen LogP contribution in [0.1, 0.15) is 37.2 Å². The lowest BCUT2D eigenvalue weighted by Gasteiger charge is -2.16. The van der Waals surface area contributed by atoms with Gasteiger partial charge in [0.25, 0.3) is 0 Å². The number of thiophene rings is 1. The molecule has 3 nitrogen and oxygen atoms in total. The fraction of sp³-hybridized carbons (Fsp3) is 0.471. The van der Waals surface area contributed by atoms with Crippen LogP contribution in [0.4, 0.5) is 18.9 Å². The van der Waals surface area contributed by atoms with Gasteiger partial charge in [-0.1, -0.05) is 13.8 Å². The molecule has 2 aromatic rings. The van der Waals surface area contributed by atoms with Crippen molar-refractivity contribution in [2.45, 2.75) is 38.3 Å². The van der Waals surface area contributed by atoms with Crippen molar-refractivity contribution in [3.63, 3.8) is 0 Å². The number of nitrogens with one attached hydrogen (secondary N) is 1. The quantitative estimate of drug-likeness (QED) is 0.854. The molecule has 0 saturated carbocycles. The van der Waals surface area contributed by atoms with Crippen LogP contribution >= 0.6 is 11.3 Å². The molecule has 0 amide bonds. The number of hydrogen-bond acceptors (Lipinski definition) is 4. The lowest BCUT2D eigenvalue weighted by molar-refractivity contribution is -0.141. The molecule has 3 heterocycles. The molecule has 0 saturated heterocycles. The molecule has 0 aromatic carbocycles. The van der Waals surface area contributed by atoms with Gasteiger partial charge in [0.1, 0.15) is 5.69 Å². The summed E-state index contributed by atoms with van der Waals surface area (Å²) in [6.45, 7) is 5.17. The second-order valence-corrected chi connectivity index (χ2v) is 7.13. The van der Waals surface area contributed by atoms with Gasteiger partial charge in [-0.25, -0.2) is 4.98 Å². The molecular weight excluding hydrogens is 335 g/mol. The highest BCUT2D eigenvalue weighted by Gasteiger charge is 2.37. The van der Waals surface area contributed by atoms with Crippen LogP contribution in [0.3, 0.4) is 0 Å². The van der Waals surface area contributed by atoms with E-state index in [9.17, 15) is 13.2 Å². The Bertz CT molecular complexity index is 652. The van der Waals surface area contributed by atoms with Crippen molar-refractivity contribution in [2.24, 2.45) is 5.73 Å². The molecule has 0 radical (unpaired) electrons. The zero-order valence-corrected chi connectivity index (χ0v) is 14.6. The number of fused-ring (bicyclic) bond motifs is 1. The number of nitrogens with zero attached hydrogens (tertiary/aromatic N) is 1. The van der Waals surface area contributed by atoms with Gasteiger partial charge in [-0.2, -0.15) is 24.5 Å². The van der Waals surface area contributed by atoms with E-state index >= 15 is 0 Å². The second kappa shape index (κ2) is 7.53. The summed E-state index contributed by atoms with van der Waals surface area (Å²) < 4.78 is 37.3. The van der Waals surface area contributed by atoms with Crippen LogP contribution in [0, 0.1) is 0 Å². The van der Waals surface area contributed by atoms with Crippen LogP contribution in [0.15, 0.2) is 29.0 Å². The maximum atomic E-state index is 12.4. The minimum atomic E-state index is -4.37. The minimum Gasteiger partial charge on any atom is -0.383 e. The number of pyridine rings is 1. The molecule has 0 bridgehead atoms. The predicted molar refractivity (Wildman–Crippen MR) is 92.4 cm³/mol. The van der Waals surface area contributed by atoms with Crippen molar-refractivity contribution in [3.05, 3.63) is 45.9 Å². The van der Waals surface area contributed by atoms with E-state index in [1.165, 1.54) is 11.6 Å². The van der Waals surface area contributed by atoms with Gasteiger partial charge in [-0.3, -0.25) is 0 Å². The molecule has 0 aliphatic carbocycles. The molecule has 0 fully saturated rings. The van der Waals surface area contributed by atoms with E-state index in [4.69, 9.17) is 5.73 Å². The number of nitrogens with two attached hydrogens (primary N) is 1. The summed E-state index contributed by atoms with van der Waals surface area (Å²) in [6.07, 6.45) is -2.12. The van der Waals surface area contributed by atoms with Crippen LogP contribution in [0.2, 0.25) is 0 Å². The molecule has 1 aliphatic rings. The van der Waals surface area contributed by atoms with Crippen molar-refractivity contribution in [1.82, 2.24) is 4.98 Å². The zero-order chi connectivity index (χ0) is 17.8. The largest absolute Gasteiger partial charge is 0.433 e. The van der Waals surface area contributed by atoms with Crippen LogP contribution in [-0.2, 0) is 18.0 Å². The first-order valence-corrected chi connectivity index (χ1v) is 8.72. The van der Waals surface area contributed by atoms with Crippen molar-refractivity contribution < 1.29 is 13.2 Å². The SMILES string of the molecule is CC1(C)CNc2ccc(C(F)(F)F)nc21.NCCCc1ccsc1. The topological polar surface area (TPSA) is 50.9 Å². The van der Waals surface area contributed by atoms with Crippen molar-refractivity contribution in [2.75, 3.05) is 18.4 Å². The summed E-state index contributed by atoms with van der Waals surface area (Å²) >= 11 is 1.75. The zero-order valence-electron chi connectivity index (χ0n) is 13.8. The van der Waals surface area contributed by atoms with E-state index in [-0.39, 0.29) is 5.41 Å². The molecular formula is C17H22F3N3S. The molecule has 0 atom stereocenters. The fourth-order valence-corrected chi connectivity index (χ4v) is 3.12. The monoisotopic (exact) mass is 357 g/mol. The molecule has 1 aliphatic heterocycles. The fourth-order valence-electron chi connectivity index (χ4n) is 2.42.